The van der Waals surface area contributed by atoms with Crippen LogP contribution in [0.1, 0.15) is 25.7 Å². The Morgan fingerprint density at radius 2 is 2.00 bits per heavy atom. The van der Waals surface area contributed by atoms with E-state index < -0.39 is 0 Å². The van der Waals surface area contributed by atoms with Crippen LogP contribution >= 0.6 is 11.3 Å². The molecule has 1 aliphatic heterocycles. The summed E-state index contributed by atoms with van der Waals surface area (Å²) in [6.45, 7) is 4.00. The first-order valence-corrected chi connectivity index (χ1v) is 9.92. The molecule has 2 aromatic rings. The predicted octanol–water partition coefficient (Wildman–Crippen LogP) is 3.15. The highest BCUT2D eigenvalue weighted by atomic mass is 32.1. The van der Waals surface area contributed by atoms with Crippen molar-refractivity contribution in [2.24, 2.45) is 5.41 Å². The molecule has 1 saturated carbocycles. The number of hydrogen-bond donors (Lipinski definition) is 0. The van der Waals surface area contributed by atoms with Gasteiger partial charge >= 0.3 is 0 Å². The number of rotatable bonds is 5. The SMILES string of the molecule is COCCC1(C(=O)N2CCN(c3nc4ccccc4s3)CC2)CCC1. The molecule has 1 amide bonds. The molecule has 1 aromatic carbocycles. The minimum absolute atomic E-state index is 0.145. The van der Waals surface area contributed by atoms with E-state index in [9.17, 15) is 4.79 Å². The first-order valence-electron chi connectivity index (χ1n) is 9.11. The number of aromatic nitrogens is 1. The average Bonchev–Trinajstić information content (AvgIpc) is 3.05. The highest BCUT2D eigenvalue weighted by Crippen LogP contribution is 2.45. The van der Waals surface area contributed by atoms with Crippen LogP contribution in [0.5, 0.6) is 0 Å². The third kappa shape index (κ3) is 3.13. The van der Waals surface area contributed by atoms with Gasteiger partial charge in [-0.3, -0.25) is 4.79 Å². The molecule has 4 rings (SSSR count). The van der Waals surface area contributed by atoms with E-state index in [0.717, 1.165) is 56.1 Å². The summed E-state index contributed by atoms with van der Waals surface area (Å²) in [5.74, 6) is 0.347. The number of ether oxygens (including phenoxy) is 1. The maximum atomic E-state index is 13.0. The Kier molecular flexibility index (Phi) is 4.65. The van der Waals surface area contributed by atoms with E-state index in [-0.39, 0.29) is 5.41 Å². The number of thiazole rings is 1. The number of benzene rings is 1. The van der Waals surface area contributed by atoms with E-state index in [2.05, 4.69) is 28.0 Å². The molecule has 1 aliphatic carbocycles. The van der Waals surface area contributed by atoms with Crippen molar-refractivity contribution < 1.29 is 9.53 Å². The summed E-state index contributed by atoms with van der Waals surface area (Å²) in [5.41, 5.74) is 0.919. The second kappa shape index (κ2) is 6.92. The average molecular weight is 359 g/mol. The van der Waals surface area contributed by atoms with Crippen LogP contribution in [0.25, 0.3) is 10.2 Å². The van der Waals surface area contributed by atoms with Crippen molar-refractivity contribution in [3.05, 3.63) is 24.3 Å². The topological polar surface area (TPSA) is 45.7 Å². The Balaban J connectivity index is 1.40. The number of carbonyl (C=O) groups excluding carboxylic acids is 1. The van der Waals surface area contributed by atoms with E-state index in [1.807, 2.05) is 6.07 Å². The molecule has 5 nitrogen and oxygen atoms in total. The van der Waals surface area contributed by atoms with Gasteiger partial charge in [-0.05, 0) is 31.4 Å². The molecule has 0 N–H and O–H groups in total. The van der Waals surface area contributed by atoms with E-state index in [0.29, 0.717) is 12.5 Å². The molecule has 2 fully saturated rings. The molecule has 1 saturated heterocycles. The lowest BCUT2D eigenvalue weighted by Crippen LogP contribution is -2.55. The third-order valence-electron chi connectivity index (χ3n) is 5.67. The second-order valence-corrected chi connectivity index (χ2v) is 8.13. The molecule has 0 spiro atoms. The Morgan fingerprint density at radius 1 is 1.24 bits per heavy atom. The standard InChI is InChI=1S/C19H25N3O2S/c1-24-14-9-19(7-4-8-19)17(23)21-10-12-22(13-11-21)18-20-15-5-2-3-6-16(15)25-18/h2-3,5-6H,4,7-14H2,1H3. The lowest BCUT2D eigenvalue weighted by atomic mass is 9.65. The van der Waals surface area contributed by atoms with Crippen LogP contribution in [0, 0.1) is 5.41 Å². The Morgan fingerprint density at radius 3 is 2.64 bits per heavy atom. The van der Waals surface area contributed by atoms with Gasteiger partial charge in [-0.2, -0.15) is 0 Å². The fourth-order valence-electron chi connectivity index (χ4n) is 3.90. The normalized spacial score (nSPS) is 19.9. The van der Waals surface area contributed by atoms with Crippen molar-refractivity contribution in [3.63, 3.8) is 0 Å². The lowest BCUT2D eigenvalue weighted by Gasteiger charge is -2.45. The fourth-order valence-corrected chi connectivity index (χ4v) is 4.92. The zero-order chi connectivity index (χ0) is 17.3. The summed E-state index contributed by atoms with van der Waals surface area (Å²) < 4.78 is 6.45. The molecule has 2 heterocycles. The zero-order valence-corrected chi connectivity index (χ0v) is 15.6. The monoisotopic (exact) mass is 359 g/mol. The molecule has 0 atom stereocenters. The van der Waals surface area contributed by atoms with Gasteiger partial charge in [-0.1, -0.05) is 29.9 Å². The van der Waals surface area contributed by atoms with Crippen LogP contribution < -0.4 is 4.90 Å². The van der Waals surface area contributed by atoms with Crippen molar-refractivity contribution in [1.82, 2.24) is 9.88 Å². The fraction of sp³-hybridized carbons (Fsp3) is 0.579. The molecular formula is C19H25N3O2S. The summed E-state index contributed by atoms with van der Waals surface area (Å²) >= 11 is 1.74. The first-order chi connectivity index (χ1) is 12.2. The molecule has 134 valence electrons. The summed E-state index contributed by atoms with van der Waals surface area (Å²) in [6, 6.07) is 8.26. The minimum Gasteiger partial charge on any atom is -0.385 e. The number of methoxy groups -OCH3 is 1. The Hall–Kier alpha value is -1.66. The van der Waals surface area contributed by atoms with E-state index in [1.54, 1.807) is 18.4 Å². The number of para-hydroxylation sites is 1. The quantitative estimate of drug-likeness (QED) is 0.823. The van der Waals surface area contributed by atoms with Crippen molar-refractivity contribution in [2.75, 3.05) is 44.8 Å². The molecule has 6 heteroatoms. The van der Waals surface area contributed by atoms with E-state index >= 15 is 0 Å². The van der Waals surface area contributed by atoms with Gasteiger partial charge in [0.2, 0.25) is 5.91 Å². The van der Waals surface area contributed by atoms with Crippen molar-refractivity contribution in [1.29, 1.82) is 0 Å². The molecule has 25 heavy (non-hydrogen) atoms. The van der Waals surface area contributed by atoms with E-state index in [4.69, 9.17) is 9.72 Å². The summed E-state index contributed by atoms with van der Waals surface area (Å²) in [5, 5.41) is 1.08. The maximum Gasteiger partial charge on any atom is 0.228 e. The molecule has 0 bridgehead atoms. The number of hydrogen-bond acceptors (Lipinski definition) is 5. The summed E-state index contributed by atoms with van der Waals surface area (Å²) in [4.78, 5) is 22.2. The van der Waals surface area contributed by atoms with E-state index in [1.165, 1.54) is 11.1 Å². The van der Waals surface area contributed by atoms with Crippen LogP contribution in [0.15, 0.2) is 24.3 Å². The van der Waals surface area contributed by atoms with Crippen LogP contribution in [-0.2, 0) is 9.53 Å². The van der Waals surface area contributed by atoms with Crippen LogP contribution in [-0.4, -0.2) is 55.7 Å². The van der Waals surface area contributed by atoms with Gasteiger partial charge in [0.25, 0.3) is 0 Å². The summed E-state index contributed by atoms with van der Waals surface area (Å²) in [7, 11) is 1.72. The second-order valence-electron chi connectivity index (χ2n) is 7.12. The van der Waals surface area contributed by atoms with Crippen LogP contribution in [0.4, 0.5) is 5.13 Å². The molecular weight excluding hydrogens is 334 g/mol. The van der Waals surface area contributed by atoms with Crippen LogP contribution in [0.2, 0.25) is 0 Å². The van der Waals surface area contributed by atoms with Crippen molar-refractivity contribution in [2.45, 2.75) is 25.7 Å². The number of nitrogens with zero attached hydrogens (tertiary/aromatic N) is 3. The van der Waals surface area contributed by atoms with Gasteiger partial charge < -0.3 is 14.5 Å². The maximum absolute atomic E-state index is 13.0. The molecule has 0 unspecified atom stereocenters. The Bertz CT molecular complexity index is 715. The highest BCUT2D eigenvalue weighted by molar-refractivity contribution is 7.22. The lowest BCUT2D eigenvalue weighted by molar-refractivity contribution is -0.149. The van der Waals surface area contributed by atoms with Crippen molar-refractivity contribution >= 4 is 32.6 Å². The van der Waals surface area contributed by atoms with Gasteiger partial charge in [-0.15, -0.1) is 0 Å². The largest absolute Gasteiger partial charge is 0.385 e. The smallest absolute Gasteiger partial charge is 0.228 e. The predicted molar refractivity (Wildman–Crippen MR) is 101 cm³/mol. The summed E-state index contributed by atoms with van der Waals surface area (Å²) in [6.07, 6.45) is 4.07. The molecule has 2 aliphatic rings. The van der Waals surface area contributed by atoms with Gasteiger partial charge in [0, 0.05) is 39.9 Å². The third-order valence-corrected chi connectivity index (χ3v) is 6.77. The van der Waals surface area contributed by atoms with Gasteiger partial charge in [0.05, 0.1) is 15.6 Å². The number of anilines is 1. The Labute approximate surface area is 152 Å². The highest BCUT2D eigenvalue weighted by Gasteiger charge is 2.46. The van der Waals surface area contributed by atoms with Gasteiger partial charge in [-0.25, -0.2) is 4.98 Å². The van der Waals surface area contributed by atoms with Gasteiger partial charge in [0.1, 0.15) is 0 Å². The van der Waals surface area contributed by atoms with Crippen molar-refractivity contribution in [3.8, 4) is 0 Å². The molecule has 1 aromatic heterocycles. The minimum atomic E-state index is -0.145. The first kappa shape index (κ1) is 16.8. The van der Waals surface area contributed by atoms with Gasteiger partial charge in [0.15, 0.2) is 5.13 Å². The zero-order valence-electron chi connectivity index (χ0n) is 14.7. The van der Waals surface area contributed by atoms with Crippen LogP contribution in [0.3, 0.4) is 0 Å². The number of piperazine rings is 1. The number of amides is 1. The number of fused-ring (bicyclic) bond motifs is 1. The molecule has 0 radical (unpaired) electrons. The number of carbonyl (C=O) groups is 1.